The number of carbonyl (C=O) groups is 2. The highest BCUT2D eigenvalue weighted by atomic mass is 16.2. The Hall–Kier alpha value is -3.22. The molecule has 1 aliphatic heterocycles. The Morgan fingerprint density at radius 1 is 1.12 bits per heavy atom. The summed E-state index contributed by atoms with van der Waals surface area (Å²) in [6, 6.07) is 1.30. The van der Waals surface area contributed by atoms with Gasteiger partial charge >= 0.3 is 0 Å². The zero-order chi connectivity index (χ0) is 19.6. The van der Waals surface area contributed by atoms with Crippen molar-refractivity contribution in [3.05, 3.63) is 22.2 Å². The molecule has 0 spiro atoms. The standard InChI is InChI=1S/C14H19N9O3/c1-4-21-10-8(5(15)2-6(16)9(10)17)11(25)23(4)14(20)12(26)22-7(24)3-13(14,18)19/h2H,3,15-20H2,1H3,(H,22,24,26). The molecule has 2 heterocycles. The van der Waals surface area contributed by atoms with E-state index in [0.717, 1.165) is 4.57 Å². The average molecular weight is 361 g/mol. The van der Waals surface area contributed by atoms with Crippen LogP contribution in [0.2, 0.25) is 0 Å². The monoisotopic (exact) mass is 361 g/mol. The van der Waals surface area contributed by atoms with Gasteiger partial charge < -0.3 is 28.7 Å². The molecule has 1 fully saturated rings. The minimum Gasteiger partial charge on any atom is -0.398 e. The van der Waals surface area contributed by atoms with Crippen LogP contribution < -0.4 is 45.3 Å². The van der Waals surface area contributed by atoms with Crippen LogP contribution in [0.3, 0.4) is 0 Å². The molecule has 12 heteroatoms. The number of fused-ring (bicyclic) bond motifs is 1. The number of nitrogen functional groups attached to an aromatic ring is 3. The topological polar surface area (TPSA) is 237 Å². The van der Waals surface area contributed by atoms with Crippen molar-refractivity contribution in [3.63, 3.8) is 0 Å². The number of anilines is 3. The fourth-order valence-corrected chi connectivity index (χ4v) is 3.14. The number of aryl methyl sites for hydroxylation is 1. The van der Waals surface area contributed by atoms with Crippen molar-refractivity contribution >= 4 is 39.8 Å². The van der Waals surface area contributed by atoms with E-state index in [1.165, 1.54) is 13.0 Å². The minimum absolute atomic E-state index is 0.00603. The van der Waals surface area contributed by atoms with Gasteiger partial charge in [0.25, 0.3) is 11.5 Å². The Kier molecular flexibility index (Phi) is 3.48. The predicted molar refractivity (Wildman–Crippen MR) is 95.0 cm³/mol. The largest absolute Gasteiger partial charge is 0.398 e. The highest BCUT2D eigenvalue weighted by Crippen LogP contribution is 2.31. The van der Waals surface area contributed by atoms with E-state index in [-0.39, 0.29) is 33.8 Å². The average Bonchev–Trinajstić information content (AvgIpc) is 2.49. The fourth-order valence-electron chi connectivity index (χ4n) is 3.14. The van der Waals surface area contributed by atoms with Crippen molar-refractivity contribution in [2.75, 3.05) is 17.2 Å². The van der Waals surface area contributed by atoms with Crippen LogP contribution in [0.4, 0.5) is 17.1 Å². The summed E-state index contributed by atoms with van der Waals surface area (Å²) >= 11 is 0. The van der Waals surface area contributed by atoms with Crippen LogP contribution in [-0.4, -0.2) is 27.0 Å². The number of aromatic nitrogens is 2. The molecule has 26 heavy (non-hydrogen) atoms. The van der Waals surface area contributed by atoms with E-state index in [1.807, 2.05) is 5.32 Å². The van der Waals surface area contributed by atoms with E-state index < -0.39 is 35.1 Å². The van der Waals surface area contributed by atoms with Crippen LogP contribution in [0.25, 0.3) is 10.9 Å². The molecule has 0 bridgehead atoms. The van der Waals surface area contributed by atoms with Crippen molar-refractivity contribution in [1.82, 2.24) is 14.9 Å². The highest BCUT2D eigenvalue weighted by Gasteiger charge is 2.57. The molecule has 0 radical (unpaired) electrons. The van der Waals surface area contributed by atoms with Gasteiger partial charge in [0, 0.05) is 5.69 Å². The molecule has 0 saturated carbocycles. The van der Waals surface area contributed by atoms with E-state index in [9.17, 15) is 14.4 Å². The molecule has 2 amide bonds. The van der Waals surface area contributed by atoms with E-state index in [4.69, 9.17) is 34.4 Å². The van der Waals surface area contributed by atoms with Crippen LogP contribution >= 0.6 is 0 Å². The first kappa shape index (κ1) is 17.6. The third-order valence-corrected chi connectivity index (χ3v) is 4.53. The van der Waals surface area contributed by atoms with Crippen molar-refractivity contribution in [2.24, 2.45) is 17.2 Å². The Morgan fingerprint density at radius 3 is 2.31 bits per heavy atom. The zero-order valence-corrected chi connectivity index (χ0v) is 13.9. The van der Waals surface area contributed by atoms with Crippen LogP contribution in [0.1, 0.15) is 12.2 Å². The number of amides is 2. The number of nitrogens with two attached hydrogens (primary N) is 6. The summed E-state index contributed by atoms with van der Waals surface area (Å²) in [5, 5.41) is 1.95. The summed E-state index contributed by atoms with van der Waals surface area (Å²) in [5.74, 6) is -1.75. The molecule has 13 N–H and O–H groups in total. The van der Waals surface area contributed by atoms with Gasteiger partial charge in [0.05, 0.1) is 23.2 Å². The number of benzene rings is 1. The highest BCUT2D eigenvalue weighted by molar-refractivity contribution is 6.04. The quantitative estimate of drug-likeness (QED) is 0.152. The van der Waals surface area contributed by atoms with E-state index >= 15 is 0 Å². The second-order valence-corrected chi connectivity index (χ2v) is 6.35. The first-order chi connectivity index (χ1) is 11.9. The Morgan fingerprint density at radius 2 is 1.73 bits per heavy atom. The number of rotatable bonds is 1. The first-order valence-corrected chi connectivity index (χ1v) is 7.50. The molecule has 138 valence electrons. The number of hydrogen-bond donors (Lipinski definition) is 7. The smallest absolute Gasteiger partial charge is 0.271 e. The number of nitrogens with zero attached hydrogens (tertiary/aromatic N) is 2. The molecule has 1 aromatic heterocycles. The lowest BCUT2D eigenvalue weighted by Gasteiger charge is -2.45. The van der Waals surface area contributed by atoms with Crippen molar-refractivity contribution in [1.29, 1.82) is 0 Å². The van der Waals surface area contributed by atoms with Gasteiger partial charge in [-0.1, -0.05) is 0 Å². The lowest BCUT2D eigenvalue weighted by atomic mass is 9.86. The van der Waals surface area contributed by atoms with Crippen molar-refractivity contribution < 1.29 is 9.59 Å². The third kappa shape index (κ3) is 2.06. The van der Waals surface area contributed by atoms with Crippen LogP contribution in [-0.2, 0) is 15.3 Å². The number of imide groups is 1. The van der Waals surface area contributed by atoms with Gasteiger partial charge in [-0.05, 0) is 13.0 Å². The lowest BCUT2D eigenvalue weighted by molar-refractivity contribution is -0.146. The molecule has 2 aromatic rings. The molecule has 1 atom stereocenters. The summed E-state index contributed by atoms with van der Waals surface area (Å²) in [6.45, 7) is 1.41. The minimum atomic E-state index is -2.29. The summed E-state index contributed by atoms with van der Waals surface area (Å²) in [4.78, 5) is 41.5. The second-order valence-electron chi connectivity index (χ2n) is 6.35. The Bertz CT molecular complexity index is 1040. The van der Waals surface area contributed by atoms with Gasteiger partial charge in [-0.2, -0.15) is 0 Å². The van der Waals surface area contributed by atoms with Gasteiger partial charge in [0.1, 0.15) is 17.0 Å². The summed E-state index contributed by atoms with van der Waals surface area (Å²) in [5.41, 5.74) is 30.8. The fraction of sp³-hybridized carbons (Fsp3) is 0.286. The molecule has 1 aliphatic rings. The van der Waals surface area contributed by atoms with E-state index in [2.05, 4.69) is 4.98 Å². The van der Waals surface area contributed by atoms with E-state index in [1.54, 1.807) is 0 Å². The maximum absolute atomic E-state index is 13.1. The predicted octanol–water partition coefficient (Wildman–Crippen LogP) is -3.28. The van der Waals surface area contributed by atoms with Crippen LogP contribution in [0, 0.1) is 6.92 Å². The van der Waals surface area contributed by atoms with Gasteiger partial charge in [-0.25, -0.2) is 4.98 Å². The summed E-state index contributed by atoms with van der Waals surface area (Å²) in [6.07, 6.45) is -0.488. The van der Waals surface area contributed by atoms with Crippen molar-refractivity contribution in [2.45, 2.75) is 24.7 Å². The lowest BCUT2D eigenvalue weighted by Crippen LogP contribution is -2.82. The Balaban J connectivity index is 2.45. The SMILES string of the molecule is Cc1nc2c(N)c(N)cc(N)c2c(=O)n1C1(N)C(=O)NC(=O)CC1(N)N. The van der Waals surface area contributed by atoms with E-state index in [0.29, 0.717) is 0 Å². The van der Waals surface area contributed by atoms with Crippen LogP contribution in [0.15, 0.2) is 10.9 Å². The molecule has 1 aromatic carbocycles. The molecule has 12 nitrogen and oxygen atoms in total. The molecule has 0 aliphatic carbocycles. The second kappa shape index (κ2) is 5.14. The molecular formula is C14H19N9O3. The normalized spacial score (nSPS) is 22.5. The molecule has 1 unspecified atom stereocenters. The number of nitrogens with one attached hydrogen (secondary N) is 1. The van der Waals surface area contributed by atoms with Crippen LogP contribution in [0.5, 0.6) is 0 Å². The molecule has 3 rings (SSSR count). The van der Waals surface area contributed by atoms with Gasteiger partial charge in [-0.3, -0.25) is 30.0 Å². The first-order valence-electron chi connectivity index (χ1n) is 7.50. The maximum Gasteiger partial charge on any atom is 0.271 e. The molecular weight excluding hydrogens is 342 g/mol. The molecule has 1 saturated heterocycles. The maximum atomic E-state index is 13.1. The summed E-state index contributed by atoms with van der Waals surface area (Å²) in [7, 11) is 0. The number of carbonyl (C=O) groups excluding carboxylic acids is 2. The zero-order valence-electron chi connectivity index (χ0n) is 13.9. The number of piperidine rings is 1. The van der Waals surface area contributed by atoms with Gasteiger partial charge in [0.15, 0.2) is 0 Å². The van der Waals surface area contributed by atoms with Gasteiger partial charge in [0.2, 0.25) is 11.6 Å². The number of hydrogen-bond acceptors (Lipinski definition) is 10. The third-order valence-electron chi connectivity index (χ3n) is 4.53. The van der Waals surface area contributed by atoms with Crippen molar-refractivity contribution in [3.8, 4) is 0 Å². The summed E-state index contributed by atoms with van der Waals surface area (Å²) < 4.78 is 0.823. The Labute approximate surface area is 146 Å². The van der Waals surface area contributed by atoms with Gasteiger partial charge in [-0.15, -0.1) is 0 Å².